The molecule has 0 bridgehead atoms. The molecule has 112 valence electrons. The molecule has 0 spiro atoms. The number of hydrogen-bond acceptors (Lipinski definition) is 2. The van der Waals surface area contributed by atoms with Gasteiger partial charge in [0.2, 0.25) is 0 Å². The number of hydrogen-bond donors (Lipinski definition) is 1. The highest BCUT2D eigenvalue weighted by atomic mass is 15.2. The molecule has 0 amide bonds. The van der Waals surface area contributed by atoms with E-state index in [0.29, 0.717) is 0 Å². The van der Waals surface area contributed by atoms with E-state index in [2.05, 4.69) is 37.9 Å². The zero-order valence-electron chi connectivity index (χ0n) is 13.5. The Morgan fingerprint density at radius 3 is 2.53 bits per heavy atom. The summed E-state index contributed by atoms with van der Waals surface area (Å²) in [7, 11) is 0. The quantitative estimate of drug-likeness (QED) is 0.835. The molecule has 1 aliphatic carbocycles. The van der Waals surface area contributed by atoms with Crippen LogP contribution in [0.25, 0.3) is 0 Å². The number of nitrogens with one attached hydrogen (secondary N) is 1. The lowest BCUT2D eigenvalue weighted by Gasteiger charge is -2.45. The van der Waals surface area contributed by atoms with Crippen LogP contribution in [-0.4, -0.2) is 35.6 Å². The first-order valence-electron chi connectivity index (χ1n) is 8.46. The molecule has 3 atom stereocenters. The van der Waals surface area contributed by atoms with Gasteiger partial charge in [0.1, 0.15) is 0 Å². The molecule has 19 heavy (non-hydrogen) atoms. The predicted octanol–water partition coefficient (Wildman–Crippen LogP) is 3.81. The SMILES string of the molecule is CC1CCCC(N2CCCCC2CNC(C)(C)C)C1. The Balaban J connectivity index is 1.91. The molecule has 0 aromatic heterocycles. The molecule has 0 aromatic rings. The van der Waals surface area contributed by atoms with Crippen LogP contribution in [-0.2, 0) is 0 Å². The molecule has 1 saturated heterocycles. The fourth-order valence-electron chi connectivity index (χ4n) is 3.85. The fraction of sp³-hybridized carbons (Fsp3) is 1.00. The van der Waals surface area contributed by atoms with Gasteiger partial charge in [0.15, 0.2) is 0 Å². The van der Waals surface area contributed by atoms with Crippen molar-refractivity contribution in [3.8, 4) is 0 Å². The summed E-state index contributed by atoms with van der Waals surface area (Å²) in [5, 5.41) is 3.73. The Bertz CT molecular complexity index is 269. The van der Waals surface area contributed by atoms with Crippen molar-refractivity contribution in [3.63, 3.8) is 0 Å². The molecule has 0 aromatic carbocycles. The summed E-state index contributed by atoms with van der Waals surface area (Å²) >= 11 is 0. The molecule has 2 rings (SSSR count). The summed E-state index contributed by atoms with van der Waals surface area (Å²) in [5.74, 6) is 0.942. The maximum Gasteiger partial charge on any atom is 0.0223 e. The van der Waals surface area contributed by atoms with Gasteiger partial charge in [-0.15, -0.1) is 0 Å². The van der Waals surface area contributed by atoms with Gasteiger partial charge in [0.25, 0.3) is 0 Å². The molecule has 3 unspecified atom stereocenters. The lowest BCUT2D eigenvalue weighted by Crippen LogP contribution is -2.53. The molecular formula is C17H34N2. The van der Waals surface area contributed by atoms with E-state index in [1.165, 1.54) is 58.0 Å². The van der Waals surface area contributed by atoms with E-state index in [-0.39, 0.29) is 5.54 Å². The monoisotopic (exact) mass is 266 g/mol. The van der Waals surface area contributed by atoms with E-state index < -0.39 is 0 Å². The highest BCUT2D eigenvalue weighted by Crippen LogP contribution is 2.31. The third-order valence-electron chi connectivity index (χ3n) is 4.92. The second kappa shape index (κ2) is 6.58. The number of piperidine rings is 1. The average molecular weight is 266 g/mol. The fourth-order valence-corrected chi connectivity index (χ4v) is 3.85. The van der Waals surface area contributed by atoms with Crippen molar-refractivity contribution < 1.29 is 0 Å². The normalized spacial score (nSPS) is 34.4. The van der Waals surface area contributed by atoms with E-state index >= 15 is 0 Å². The first-order chi connectivity index (χ1) is 8.96. The van der Waals surface area contributed by atoms with Crippen LogP contribution in [0.5, 0.6) is 0 Å². The summed E-state index contributed by atoms with van der Waals surface area (Å²) in [6.07, 6.45) is 10.0. The number of nitrogens with zero attached hydrogens (tertiary/aromatic N) is 1. The minimum Gasteiger partial charge on any atom is -0.311 e. The van der Waals surface area contributed by atoms with Gasteiger partial charge >= 0.3 is 0 Å². The smallest absolute Gasteiger partial charge is 0.0223 e. The van der Waals surface area contributed by atoms with Crippen LogP contribution < -0.4 is 5.32 Å². The molecule has 0 radical (unpaired) electrons. The molecule has 1 heterocycles. The second-order valence-electron chi connectivity index (χ2n) is 7.94. The molecule has 2 aliphatic rings. The zero-order valence-corrected chi connectivity index (χ0v) is 13.5. The van der Waals surface area contributed by atoms with Crippen molar-refractivity contribution in [2.45, 2.75) is 90.3 Å². The standard InChI is InChI=1S/C17H34N2/c1-14-8-7-10-15(12-14)19-11-6-5-9-16(19)13-18-17(2,3)4/h14-16,18H,5-13H2,1-4H3. The van der Waals surface area contributed by atoms with Crippen molar-refractivity contribution in [2.75, 3.05) is 13.1 Å². The lowest BCUT2D eigenvalue weighted by atomic mass is 9.84. The molecule has 2 fully saturated rings. The van der Waals surface area contributed by atoms with Crippen LogP contribution in [0.4, 0.5) is 0 Å². The van der Waals surface area contributed by atoms with Crippen molar-refractivity contribution in [3.05, 3.63) is 0 Å². The zero-order chi connectivity index (χ0) is 13.9. The number of rotatable bonds is 3. The summed E-state index contributed by atoms with van der Waals surface area (Å²) < 4.78 is 0. The van der Waals surface area contributed by atoms with Crippen molar-refractivity contribution in [1.29, 1.82) is 0 Å². The summed E-state index contributed by atoms with van der Waals surface area (Å²) in [6, 6.07) is 1.65. The first-order valence-corrected chi connectivity index (χ1v) is 8.46. The van der Waals surface area contributed by atoms with E-state index in [4.69, 9.17) is 0 Å². The van der Waals surface area contributed by atoms with Crippen LogP contribution in [0.2, 0.25) is 0 Å². The van der Waals surface area contributed by atoms with Gasteiger partial charge in [-0.3, -0.25) is 4.90 Å². The van der Waals surface area contributed by atoms with Gasteiger partial charge in [-0.25, -0.2) is 0 Å². The van der Waals surface area contributed by atoms with Gasteiger partial charge in [0.05, 0.1) is 0 Å². The van der Waals surface area contributed by atoms with Crippen LogP contribution in [0, 0.1) is 5.92 Å². The third kappa shape index (κ3) is 4.75. The summed E-state index contributed by atoms with van der Waals surface area (Å²) in [6.45, 7) is 11.8. The molecule has 1 saturated carbocycles. The van der Waals surface area contributed by atoms with Crippen molar-refractivity contribution in [1.82, 2.24) is 10.2 Å². The third-order valence-corrected chi connectivity index (χ3v) is 4.92. The van der Waals surface area contributed by atoms with E-state index in [1.54, 1.807) is 0 Å². The van der Waals surface area contributed by atoms with Gasteiger partial charge in [-0.2, -0.15) is 0 Å². The highest BCUT2D eigenvalue weighted by molar-refractivity contribution is 4.88. The van der Waals surface area contributed by atoms with E-state index in [9.17, 15) is 0 Å². The maximum absolute atomic E-state index is 3.73. The summed E-state index contributed by atoms with van der Waals surface area (Å²) in [5.41, 5.74) is 0.253. The average Bonchev–Trinajstić information content (AvgIpc) is 2.36. The summed E-state index contributed by atoms with van der Waals surface area (Å²) in [4.78, 5) is 2.86. The predicted molar refractivity (Wildman–Crippen MR) is 83.5 cm³/mol. The number of likely N-dealkylation sites (tertiary alicyclic amines) is 1. The molecule has 2 heteroatoms. The van der Waals surface area contributed by atoms with E-state index in [1.807, 2.05) is 0 Å². The first kappa shape index (κ1) is 15.3. The van der Waals surface area contributed by atoms with Crippen LogP contribution in [0.3, 0.4) is 0 Å². The van der Waals surface area contributed by atoms with Crippen LogP contribution >= 0.6 is 0 Å². The molecular weight excluding hydrogens is 232 g/mol. The highest BCUT2D eigenvalue weighted by Gasteiger charge is 2.31. The Morgan fingerprint density at radius 1 is 1.05 bits per heavy atom. The Hall–Kier alpha value is -0.0800. The largest absolute Gasteiger partial charge is 0.311 e. The Morgan fingerprint density at radius 2 is 1.84 bits per heavy atom. The topological polar surface area (TPSA) is 15.3 Å². The van der Waals surface area contributed by atoms with Crippen molar-refractivity contribution in [2.24, 2.45) is 5.92 Å². The maximum atomic E-state index is 3.73. The molecule has 2 nitrogen and oxygen atoms in total. The Labute approximate surface area is 120 Å². The minimum atomic E-state index is 0.253. The lowest BCUT2D eigenvalue weighted by molar-refractivity contribution is 0.0575. The molecule has 1 N–H and O–H groups in total. The van der Waals surface area contributed by atoms with E-state index in [0.717, 1.165) is 18.0 Å². The van der Waals surface area contributed by atoms with Gasteiger partial charge in [0, 0.05) is 24.2 Å². The van der Waals surface area contributed by atoms with Gasteiger partial charge in [-0.05, 0) is 58.9 Å². The van der Waals surface area contributed by atoms with Crippen LogP contribution in [0.15, 0.2) is 0 Å². The van der Waals surface area contributed by atoms with Gasteiger partial charge < -0.3 is 5.32 Å². The second-order valence-corrected chi connectivity index (χ2v) is 7.94. The van der Waals surface area contributed by atoms with Gasteiger partial charge in [-0.1, -0.05) is 26.2 Å². The minimum absolute atomic E-state index is 0.253. The van der Waals surface area contributed by atoms with Crippen molar-refractivity contribution >= 4 is 0 Å². The molecule has 1 aliphatic heterocycles. The Kier molecular flexibility index (Phi) is 5.30. The van der Waals surface area contributed by atoms with Crippen LogP contribution in [0.1, 0.15) is 72.6 Å².